The summed E-state index contributed by atoms with van der Waals surface area (Å²) in [4.78, 5) is 11.7. The van der Waals surface area contributed by atoms with Crippen LogP contribution in [0.25, 0.3) is 0 Å². The summed E-state index contributed by atoms with van der Waals surface area (Å²) in [7, 11) is 1.25. The molecule has 0 fully saturated rings. The molecule has 0 atom stereocenters. The van der Waals surface area contributed by atoms with Gasteiger partial charge in [-0.25, -0.2) is 18.3 Å². The van der Waals surface area contributed by atoms with Gasteiger partial charge in [0.2, 0.25) is 0 Å². The van der Waals surface area contributed by atoms with E-state index in [-0.39, 0.29) is 23.7 Å². The van der Waals surface area contributed by atoms with Crippen LogP contribution in [0.3, 0.4) is 0 Å². The molecule has 0 aliphatic rings. The lowest BCUT2D eigenvalue weighted by molar-refractivity contribution is 0.0592. The number of carbonyl (C=O) groups excluding carboxylic acids is 1. The molecular formula is C14H15F2N3O2. The predicted octanol–water partition coefficient (Wildman–Crippen LogP) is 2.51. The first-order valence-electron chi connectivity index (χ1n) is 6.39. The number of ether oxygens (including phenoxy) is 1. The number of benzene rings is 1. The maximum atomic E-state index is 13.7. The van der Waals surface area contributed by atoms with Gasteiger partial charge >= 0.3 is 5.97 Å². The molecule has 21 heavy (non-hydrogen) atoms. The number of halogens is 2. The third-order valence-corrected chi connectivity index (χ3v) is 3.03. The molecule has 1 aromatic heterocycles. The molecule has 0 spiro atoms. The van der Waals surface area contributed by atoms with Crippen molar-refractivity contribution in [3.63, 3.8) is 0 Å². The van der Waals surface area contributed by atoms with Gasteiger partial charge in [-0.15, -0.1) is 5.10 Å². The summed E-state index contributed by atoms with van der Waals surface area (Å²) in [6.45, 7) is 3.69. The number of hydrogen-bond donors (Lipinski definition) is 0. The molecule has 0 unspecified atom stereocenters. The van der Waals surface area contributed by atoms with E-state index in [1.165, 1.54) is 11.8 Å². The van der Waals surface area contributed by atoms with Gasteiger partial charge in [-0.05, 0) is 24.1 Å². The van der Waals surface area contributed by atoms with Gasteiger partial charge in [0, 0.05) is 5.56 Å². The minimum atomic E-state index is -0.607. The number of hydrogen-bond acceptors (Lipinski definition) is 4. The van der Waals surface area contributed by atoms with Gasteiger partial charge in [-0.3, -0.25) is 0 Å². The normalized spacial score (nSPS) is 11.0. The van der Waals surface area contributed by atoms with Crippen LogP contribution in [-0.4, -0.2) is 28.1 Å². The largest absolute Gasteiger partial charge is 0.464 e. The van der Waals surface area contributed by atoms with Crippen LogP contribution in [0.2, 0.25) is 0 Å². The Balaban J connectivity index is 2.43. The molecule has 2 rings (SSSR count). The van der Waals surface area contributed by atoms with Crippen molar-refractivity contribution in [2.75, 3.05) is 7.11 Å². The van der Waals surface area contributed by atoms with Gasteiger partial charge < -0.3 is 4.74 Å². The molecule has 112 valence electrons. The number of nitrogens with zero attached hydrogens (tertiary/aromatic N) is 3. The highest BCUT2D eigenvalue weighted by Gasteiger charge is 2.23. The van der Waals surface area contributed by atoms with Gasteiger partial charge in [0.15, 0.2) is 5.69 Å². The van der Waals surface area contributed by atoms with Crippen molar-refractivity contribution in [1.29, 1.82) is 0 Å². The van der Waals surface area contributed by atoms with Crippen LogP contribution in [0.5, 0.6) is 0 Å². The summed E-state index contributed by atoms with van der Waals surface area (Å²) in [6, 6.07) is 3.19. The van der Waals surface area contributed by atoms with Crippen molar-refractivity contribution >= 4 is 5.97 Å². The Bertz CT molecular complexity index is 668. The third kappa shape index (κ3) is 3.07. The van der Waals surface area contributed by atoms with E-state index in [9.17, 15) is 13.6 Å². The maximum Gasteiger partial charge on any atom is 0.360 e. The number of methoxy groups -OCH3 is 1. The highest BCUT2D eigenvalue weighted by Crippen LogP contribution is 2.20. The molecular weight excluding hydrogens is 280 g/mol. The monoisotopic (exact) mass is 295 g/mol. The van der Waals surface area contributed by atoms with Crippen molar-refractivity contribution in [1.82, 2.24) is 15.0 Å². The van der Waals surface area contributed by atoms with Gasteiger partial charge in [-0.1, -0.05) is 19.1 Å². The van der Waals surface area contributed by atoms with Crippen LogP contribution in [-0.2, 0) is 11.3 Å². The first kappa shape index (κ1) is 15.1. The summed E-state index contributed by atoms with van der Waals surface area (Å²) in [5, 5.41) is 7.63. The number of esters is 1. The maximum absolute atomic E-state index is 13.7. The van der Waals surface area contributed by atoms with Crippen molar-refractivity contribution < 1.29 is 18.3 Å². The lowest BCUT2D eigenvalue weighted by Gasteiger charge is -2.11. The molecule has 2 aromatic rings. The fourth-order valence-electron chi connectivity index (χ4n) is 2.08. The predicted molar refractivity (Wildman–Crippen MR) is 70.9 cm³/mol. The van der Waals surface area contributed by atoms with Crippen molar-refractivity contribution in [2.24, 2.45) is 0 Å². The Morgan fingerprint density at radius 3 is 2.71 bits per heavy atom. The van der Waals surface area contributed by atoms with Crippen molar-refractivity contribution in [3.8, 4) is 0 Å². The zero-order chi connectivity index (χ0) is 15.6. The first-order valence-corrected chi connectivity index (χ1v) is 6.39. The van der Waals surface area contributed by atoms with Crippen LogP contribution in [0.15, 0.2) is 18.2 Å². The zero-order valence-electron chi connectivity index (χ0n) is 11.9. The van der Waals surface area contributed by atoms with Crippen LogP contribution in [0, 0.1) is 11.6 Å². The molecule has 0 aliphatic heterocycles. The SMILES string of the molecule is COC(=O)c1nnn(Cc2cc(F)ccc2F)c1C(C)C. The Labute approximate surface area is 120 Å². The fourth-order valence-corrected chi connectivity index (χ4v) is 2.08. The molecule has 0 aliphatic carbocycles. The molecule has 0 saturated heterocycles. The summed E-state index contributed by atoms with van der Waals surface area (Å²) in [5.41, 5.74) is 0.744. The topological polar surface area (TPSA) is 57.0 Å². The van der Waals surface area contributed by atoms with Crippen LogP contribution in [0.1, 0.15) is 41.5 Å². The van der Waals surface area contributed by atoms with Crippen molar-refractivity contribution in [2.45, 2.75) is 26.3 Å². The molecule has 0 bridgehead atoms. The molecule has 0 saturated carbocycles. The molecule has 0 radical (unpaired) electrons. The minimum Gasteiger partial charge on any atom is -0.464 e. The number of aromatic nitrogens is 3. The second-order valence-corrected chi connectivity index (χ2v) is 4.86. The molecule has 0 amide bonds. The van der Waals surface area contributed by atoms with Gasteiger partial charge in [0.1, 0.15) is 11.6 Å². The molecule has 1 aromatic carbocycles. The second-order valence-electron chi connectivity index (χ2n) is 4.86. The smallest absolute Gasteiger partial charge is 0.360 e. The summed E-state index contributed by atoms with van der Waals surface area (Å²) in [5.74, 6) is -1.76. The summed E-state index contributed by atoms with van der Waals surface area (Å²) >= 11 is 0. The highest BCUT2D eigenvalue weighted by atomic mass is 19.1. The Morgan fingerprint density at radius 1 is 1.38 bits per heavy atom. The number of rotatable bonds is 4. The average molecular weight is 295 g/mol. The highest BCUT2D eigenvalue weighted by molar-refractivity contribution is 5.88. The van der Waals surface area contributed by atoms with E-state index in [0.29, 0.717) is 5.69 Å². The van der Waals surface area contributed by atoms with E-state index in [4.69, 9.17) is 0 Å². The van der Waals surface area contributed by atoms with Crippen molar-refractivity contribution in [3.05, 3.63) is 46.8 Å². The zero-order valence-corrected chi connectivity index (χ0v) is 11.9. The third-order valence-electron chi connectivity index (χ3n) is 3.03. The van der Waals surface area contributed by atoms with E-state index in [2.05, 4.69) is 15.0 Å². The lowest BCUT2D eigenvalue weighted by atomic mass is 10.1. The van der Waals surface area contributed by atoms with Gasteiger partial charge in [0.25, 0.3) is 0 Å². The van der Waals surface area contributed by atoms with Gasteiger partial charge in [-0.2, -0.15) is 0 Å². The summed E-state index contributed by atoms with van der Waals surface area (Å²) < 4.78 is 32.9. The first-order chi connectivity index (χ1) is 9.93. The Kier molecular flexibility index (Phi) is 4.30. The minimum absolute atomic E-state index is 0.0128. The molecule has 7 heteroatoms. The van der Waals surface area contributed by atoms with Crippen LogP contribution >= 0.6 is 0 Å². The summed E-state index contributed by atoms with van der Waals surface area (Å²) in [6.07, 6.45) is 0. The van der Waals surface area contributed by atoms with Gasteiger partial charge in [0.05, 0.1) is 19.3 Å². The van der Waals surface area contributed by atoms with E-state index < -0.39 is 17.6 Å². The van der Waals surface area contributed by atoms with E-state index in [0.717, 1.165) is 18.2 Å². The fraction of sp³-hybridized carbons (Fsp3) is 0.357. The second kappa shape index (κ2) is 5.99. The Morgan fingerprint density at radius 2 is 2.10 bits per heavy atom. The van der Waals surface area contributed by atoms with E-state index in [1.54, 1.807) is 0 Å². The van der Waals surface area contributed by atoms with E-state index >= 15 is 0 Å². The molecule has 1 heterocycles. The molecule has 5 nitrogen and oxygen atoms in total. The quantitative estimate of drug-likeness (QED) is 0.813. The van der Waals surface area contributed by atoms with Crippen LogP contribution < -0.4 is 0 Å². The van der Waals surface area contributed by atoms with Crippen LogP contribution in [0.4, 0.5) is 8.78 Å². The number of carbonyl (C=O) groups is 1. The molecule has 0 N–H and O–H groups in total. The van der Waals surface area contributed by atoms with E-state index in [1.807, 2.05) is 13.8 Å². The lowest BCUT2D eigenvalue weighted by Crippen LogP contribution is -2.12. The average Bonchev–Trinajstić information content (AvgIpc) is 2.86. The standard InChI is InChI=1S/C14H15F2N3O2/c1-8(2)13-12(14(20)21-3)17-18-19(13)7-9-6-10(15)4-5-11(9)16/h4-6,8H,7H2,1-3H3. The Hall–Kier alpha value is -2.31.